The summed E-state index contributed by atoms with van der Waals surface area (Å²) in [5.41, 5.74) is 2.86. The Morgan fingerprint density at radius 2 is 1.78 bits per heavy atom. The monoisotopic (exact) mass is 250 g/mol. The molecule has 3 heteroatoms. The fourth-order valence-electron chi connectivity index (χ4n) is 2.40. The first-order chi connectivity index (χ1) is 8.88. The van der Waals surface area contributed by atoms with Crippen molar-refractivity contribution in [3.05, 3.63) is 35.4 Å². The van der Waals surface area contributed by atoms with Crippen molar-refractivity contribution < 1.29 is 15.0 Å². The minimum absolute atomic E-state index is 0.938. The van der Waals surface area contributed by atoms with Gasteiger partial charge >= 0.3 is 0 Å². The van der Waals surface area contributed by atoms with Crippen LogP contribution in [0.2, 0.25) is 0 Å². The van der Waals surface area contributed by atoms with Gasteiger partial charge in [-0.05, 0) is 12.0 Å². The van der Waals surface area contributed by atoms with Crippen LogP contribution in [0.4, 0.5) is 0 Å². The predicted octanol–water partition coefficient (Wildman–Crippen LogP) is -0.772. The van der Waals surface area contributed by atoms with Crippen LogP contribution >= 0.6 is 0 Å². The van der Waals surface area contributed by atoms with E-state index in [9.17, 15) is 0 Å². The van der Waals surface area contributed by atoms with Crippen LogP contribution in [0.25, 0.3) is 0 Å². The number of aryl methyl sites for hydroxylation is 1. The Kier molecular flexibility index (Phi) is 5.65. The highest BCUT2D eigenvalue weighted by atomic mass is 16.5. The maximum atomic E-state index is 5.37. The Bertz CT molecular complexity index is 331. The quantitative estimate of drug-likeness (QED) is 0.638. The molecule has 3 nitrogen and oxygen atoms in total. The summed E-state index contributed by atoms with van der Waals surface area (Å²) < 4.78 is 5.37. The zero-order chi connectivity index (χ0) is 12.6. The number of rotatable bonds is 6. The Morgan fingerprint density at radius 3 is 2.44 bits per heavy atom. The number of nitrogens with one attached hydrogen (secondary N) is 1. The number of ether oxygens (including phenoxy) is 1. The van der Waals surface area contributed by atoms with Gasteiger partial charge in [0.15, 0.2) is 0 Å². The van der Waals surface area contributed by atoms with Crippen molar-refractivity contribution >= 4 is 0 Å². The van der Waals surface area contributed by atoms with Crippen molar-refractivity contribution in [2.75, 3.05) is 39.4 Å². The van der Waals surface area contributed by atoms with Crippen LogP contribution in [0.15, 0.2) is 24.3 Å². The minimum atomic E-state index is 0.938. The molecular weight excluding hydrogens is 224 g/mol. The summed E-state index contributed by atoms with van der Waals surface area (Å²) in [6.45, 7) is 10.0. The lowest BCUT2D eigenvalue weighted by atomic mass is 10.1. The number of morpholine rings is 1. The molecule has 1 heterocycles. The van der Waals surface area contributed by atoms with Crippen LogP contribution in [0.3, 0.4) is 0 Å². The highest BCUT2D eigenvalue weighted by Gasteiger charge is 2.13. The summed E-state index contributed by atoms with van der Waals surface area (Å²) in [5, 5.41) is 2.42. The summed E-state index contributed by atoms with van der Waals surface area (Å²) in [6, 6.07) is 9.01. The molecule has 0 aromatic heterocycles. The van der Waals surface area contributed by atoms with E-state index in [0.29, 0.717) is 0 Å². The van der Waals surface area contributed by atoms with Crippen LogP contribution < -0.4 is 10.2 Å². The molecule has 3 N–H and O–H groups in total. The van der Waals surface area contributed by atoms with Gasteiger partial charge in [-0.2, -0.15) is 0 Å². The highest BCUT2D eigenvalue weighted by Crippen LogP contribution is 2.03. The average Bonchev–Trinajstić information content (AvgIpc) is 2.45. The zero-order valence-electron chi connectivity index (χ0n) is 11.5. The lowest BCUT2D eigenvalue weighted by Crippen LogP contribution is -3.16. The van der Waals surface area contributed by atoms with Gasteiger partial charge < -0.3 is 15.0 Å². The molecule has 1 aromatic rings. The number of benzene rings is 1. The third kappa shape index (κ3) is 4.41. The first-order valence-electron chi connectivity index (χ1n) is 7.19. The van der Waals surface area contributed by atoms with E-state index < -0.39 is 0 Å². The molecule has 0 aliphatic carbocycles. The molecule has 0 spiro atoms. The van der Waals surface area contributed by atoms with Crippen molar-refractivity contribution in [3.63, 3.8) is 0 Å². The molecule has 0 amide bonds. The largest absolute Gasteiger partial charge is 0.370 e. The second kappa shape index (κ2) is 7.52. The lowest BCUT2D eigenvalue weighted by molar-refractivity contribution is -0.920. The van der Waals surface area contributed by atoms with E-state index in [0.717, 1.165) is 26.2 Å². The fourth-order valence-corrected chi connectivity index (χ4v) is 2.40. The van der Waals surface area contributed by atoms with E-state index in [4.69, 9.17) is 4.74 Å². The van der Waals surface area contributed by atoms with Crippen LogP contribution in [-0.2, 0) is 17.7 Å². The molecule has 0 saturated carbocycles. The van der Waals surface area contributed by atoms with Crippen molar-refractivity contribution in [1.82, 2.24) is 0 Å². The molecule has 1 saturated heterocycles. The SMILES string of the molecule is CCc1ccc(C[NH2+]CC[NH+]2CCOCC2)cc1. The van der Waals surface area contributed by atoms with Crippen molar-refractivity contribution in [2.45, 2.75) is 19.9 Å². The normalized spacial score (nSPS) is 16.9. The number of hydrogen-bond donors (Lipinski definition) is 2. The van der Waals surface area contributed by atoms with Gasteiger partial charge in [0.1, 0.15) is 32.7 Å². The summed E-state index contributed by atoms with van der Waals surface area (Å²) in [5.74, 6) is 0. The maximum Gasteiger partial charge on any atom is 0.127 e. The molecule has 1 fully saturated rings. The standard InChI is InChI=1S/C15H24N2O/c1-2-14-3-5-15(6-4-14)13-16-7-8-17-9-11-18-12-10-17/h3-6,16H,2,7-13H2,1H3/p+2. The molecule has 18 heavy (non-hydrogen) atoms. The van der Waals surface area contributed by atoms with Crippen LogP contribution in [-0.4, -0.2) is 39.4 Å². The van der Waals surface area contributed by atoms with Gasteiger partial charge in [0, 0.05) is 5.56 Å². The number of hydrogen-bond acceptors (Lipinski definition) is 1. The Balaban J connectivity index is 1.62. The van der Waals surface area contributed by atoms with Crippen LogP contribution in [0.5, 0.6) is 0 Å². The third-order valence-corrected chi connectivity index (χ3v) is 3.71. The third-order valence-electron chi connectivity index (χ3n) is 3.71. The smallest absolute Gasteiger partial charge is 0.127 e. The lowest BCUT2D eigenvalue weighted by Gasteiger charge is -2.22. The molecule has 1 aromatic carbocycles. The molecule has 0 bridgehead atoms. The second-order valence-corrected chi connectivity index (χ2v) is 5.06. The van der Waals surface area contributed by atoms with Gasteiger partial charge in [0.25, 0.3) is 0 Å². The Labute approximate surface area is 110 Å². The maximum absolute atomic E-state index is 5.37. The van der Waals surface area contributed by atoms with E-state index in [1.165, 1.54) is 37.3 Å². The summed E-state index contributed by atoms with van der Waals surface area (Å²) in [6.07, 6.45) is 1.13. The molecule has 0 atom stereocenters. The molecule has 1 aliphatic heterocycles. The fraction of sp³-hybridized carbons (Fsp3) is 0.600. The summed E-state index contributed by atoms with van der Waals surface area (Å²) in [4.78, 5) is 1.69. The van der Waals surface area contributed by atoms with E-state index in [2.05, 4.69) is 36.5 Å². The van der Waals surface area contributed by atoms with Crippen LogP contribution in [0.1, 0.15) is 18.1 Å². The first kappa shape index (κ1) is 13.5. The molecule has 2 rings (SSSR count). The molecule has 0 unspecified atom stereocenters. The van der Waals surface area contributed by atoms with Gasteiger partial charge in [0.05, 0.1) is 13.2 Å². The van der Waals surface area contributed by atoms with E-state index in [1.54, 1.807) is 4.90 Å². The Hall–Kier alpha value is -0.900. The van der Waals surface area contributed by atoms with Gasteiger partial charge in [-0.3, -0.25) is 0 Å². The van der Waals surface area contributed by atoms with Crippen molar-refractivity contribution in [3.8, 4) is 0 Å². The van der Waals surface area contributed by atoms with Crippen molar-refractivity contribution in [1.29, 1.82) is 0 Å². The average molecular weight is 250 g/mol. The summed E-state index contributed by atoms with van der Waals surface area (Å²) >= 11 is 0. The highest BCUT2D eigenvalue weighted by molar-refractivity contribution is 5.21. The Morgan fingerprint density at radius 1 is 1.11 bits per heavy atom. The van der Waals surface area contributed by atoms with E-state index >= 15 is 0 Å². The van der Waals surface area contributed by atoms with E-state index in [1.807, 2.05) is 0 Å². The molecule has 0 radical (unpaired) electrons. The van der Waals surface area contributed by atoms with Gasteiger partial charge in [-0.1, -0.05) is 31.2 Å². The topological polar surface area (TPSA) is 30.3 Å². The predicted molar refractivity (Wildman–Crippen MR) is 72.7 cm³/mol. The first-order valence-corrected chi connectivity index (χ1v) is 7.19. The molecule has 1 aliphatic rings. The second-order valence-electron chi connectivity index (χ2n) is 5.06. The minimum Gasteiger partial charge on any atom is -0.370 e. The van der Waals surface area contributed by atoms with Crippen LogP contribution in [0, 0.1) is 0 Å². The van der Waals surface area contributed by atoms with E-state index in [-0.39, 0.29) is 0 Å². The van der Waals surface area contributed by atoms with Gasteiger partial charge in [0.2, 0.25) is 0 Å². The summed E-state index contributed by atoms with van der Waals surface area (Å²) in [7, 11) is 0. The van der Waals surface area contributed by atoms with Gasteiger partial charge in [-0.25, -0.2) is 0 Å². The number of quaternary nitrogens is 2. The molecular formula is C15H26N2O+2. The van der Waals surface area contributed by atoms with Crippen molar-refractivity contribution in [2.24, 2.45) is 0 Å². The number of nitrogens with two attached hydrogens (primary N) is 1. The zero-order valence-corrected chi connectivity index (χ0v) is 11.5. The molecule has 100 valence electrons. The van der Waals surface area contributed by atoms with Gasteiger partial charge in [-0.15, -0.1) is 0 Å².